The Kier molecular flexibility index (Phi) is 2.82. The third-order valence-corrected chi connectivity index (χ3v) is 4.51. The molecular formula is C18H16O3. The van der Waals surface area contributed by atoms with Gasteiger partial charge < -0.3 is 9.47 Å². The van der Waals surface area contributed by atoms with Gasteiger partial charge in [-0.3, -0.25) is 4.79 Å². The average Bonchev–Trinajstić information content (AvgIpc) is 3.34. The molecule has 0 amide bonds. The number of rotatable bonds is 2. The summed E-state index contributed by atoms with van der Waals surface area (Å²) < 4.78 is 10.8. The Labute approximate surface area is 123 Å². The largest absolute Gasteiger partial charge is 0.469 e. The molecule has 0 spiro atoms. The molecule has 1 fully saturated rings. The molecule has 0 N–H and O–H groups in total. The zero-order chi connectivity index (χ0) is 14.4. The minimum Gasteiger partial charge on any atom is -0.469 e. The average molecular weight is 280 g/mol. The molecule has 0 unspecified atom stereocenters. The van der Waals surface area contributed by atoms with Gasteiger partial charge in [0.25, 0.3) is 0 Å². The normalized spacial score (nSPS) is 29.2. The van der Waals surface area contributed by atoms with Gasteiger partial charge in [-0.25, -0.2) is 0 Å². The zero-order valence-corrected chi connectivity index (χ0v) is 11.7. The summed E-state index contributed by atoms with van der Waals surface area (Å²) in [6, 6.07) is 18.4. The Morgan fingerprint density at radius 3 is 2.38 bits per heavy atom. The standard InChI is InChI=1S/C18H16O3/c1-20-18(19)15-14(11-7-3-2-4-8-11)12-9-5-6-10-13(12)16-17(15)21-16/h2-10,14-17H,1H3/t14-,15+,16+,17-/m1/s1. The number of methoxy groups -OCH3 is 1. The first-order valence-electron chi connectivity index (χ1n) is 7.18. The molecule has 0 saturated carbocycles. The SMILES string of the molecule is COC(=O)[C@H]1[C@H](c2ccccc2)c2ccccc2[C@@H]2O[C@H]12. The highest BCUT2D eigenvalue weighted by Crippen LogP contribution is 2.56. The number of esters is 1. The Hall–Kier alpha value is -2.13. The topological polar surface area (TPSA) is 38.8 Å². The molecule has 0 aromatic heterocycles. The molecule has 4 atom stereocenters. The second kappa shape index (κ2) is 4.71. The second-order valence-electron chi connectivity index (χ2n) is 5.59. The number of fused-ring (bicyclic) bond motifs is 3. The van der Waals surface area contributed by atoms with Crippen LogP contribution in [-0.2, 0) is 14.3 Å². The van der Waals surface area contributed by atoms with Crippen LogP contribution in [0.15, 0.2) is 54.6 Å². The number of hydrogen-bond acceptors (Lipinski definition) is 3. The van der Waals surface area contributed by atoms with E-state index in [1.54, 1.807) is 0 Å². The van der Waals surface area contributed by atoms with Crippen molar-refractivity contribution in [3.63, 3.8) is 0 Å². The molecule has 1 saturated heterocycles. The summed E-state index contributed by atoms with van der Waals surface area (Å²) in [6.07, 6.45) is -0.0113. The van der Waals surface area contributed by atoms with Crippen molar-refractivity contribution in [3.8, 4) is 0 Å². The minimum absolute atomic E-state index is 0.00130. The smallest absolute Gasteiger partial charge is 0.312 e. The number of carbonyl (C=O) groups excluding carboxylic acids is 1. The van der Waals surface area contributed by atoms with Crippen LogP contribution in [0.4, 0.5) is 0 Å². The van der Waals surface area contributed by atoms with E-state index in [-0.39, 0.29) is 30.0 Å². The predicted molar refractivity (Wildman–Crippen MR) is 77.8 cm³/mol. The molecule has 0 bridgehead atoms. The molecule has 2 aromatic rings. The van der Waals surface area contributed by atoms with Gasteiger partial charge in [0.15, 0.2) is 0 Å². The third-order valence-electron chi connectivity index (χ3n) is 4.51. The summed E-state index contributed by atoms with van der Waals surface area (Å²) in [7, 11) is 1.45. The molecule has 21 heavy (non-hydrogen) atoms. The summed E-state index contributed by atoms with van der Waals surface area (Å²) in [4.78, 5) is 12.3. The maximum atomic E-state index is 12.3. The van der Waals surface area contributed by atoms with E-state index in [1.807, 2.05) is 30.3 Å². The monoisotopic (exact) mass is 280 g/mol. The summed E-state index contributed by atoms with van der Waals surface area (Å²) in [6.45, 7) is 0. The lowest BCUT2D eigenvalue weighted by Gasteiger charge is -2.29. The Morgan fingerprint density at radius 1 is 1.00 bits per heavy atom. The van der Waals surface area contributed by atoms with Crippen molar-refractivity contribution in [1.82, 2.24) is 0 Å². The molecule has 106 valence electrons. The molecule has 4 rings (SSSR count). The fourth-order valence-electron chi connectivity index (χ4n) is 3.54. The van der Waals surface area contributed by atoms with E-state index in [0.717, 1.165) is 5.56 Å². The zero-order valence-electron chi connectivity index (χ0n) is 11.7. The van der Waals surface area contributed by atoms with Crippen molar-refractivity contribution in [3.05, 3.63) is 71.3 Å². The summed E-state index contributed by atoms with van der Waals surface area (Å²) >= 11 is 0. The summed E-state index contributed by atoms with van der Waals surface area (Å²) in [5.74, 6) is -0.457. The van der Waals surface area contributed by atoms with Crippen LogP contribution in [0.1, 0.15) is 28.7 Å². The number of benzene rings is 2. The van der Waals surface area contributed by atoms with Crippen molar-refractivity contribution in [2.24, 2.45) is 5.92 Å². The molecule has 3 nitrogen and oxygen atoms in total. The lowest BCUT2D eigenvalue weighted by Crippen LogP contribution is -2.32. The highest BCUT2D eigenvalue weighted by Gasteiger charge is 2.57. The molecule has 3 heteroatoms. The molecule has 1 aliphatic heterocycles. The van der Waals surface area contributed by atoms with E-state index in [0.29, 0.717) is 0 Å². The van der Waals surface area contributed by atoms with Gasteiger partial charge in [0.2, 0.25) is 0 Å². The molecule has 2 aromatic carbocycles. The second-order valence-corrected chi connectivity index (χ2v) is 5.59. The highest BCUT2D eigenvalue weighted by molar-refractivity contribution is 5.77. The summed E-state index contributed by atoms with van der Waals surface area (Å²) in [5, 5.41) is 0. The van der Waals surface area contributed by atoms with Crippen LogP contribution < -0.4 is 0 Å². The van der Waals surface area contributed by atoms with E-state index in [4.69, 9.17) is 9.47 Å². The van der Waals surface area contributed by atoms with Gasteiger partial charge >= 0.3 is 5.97 Å². The number of epoxide rings is 1. The quantitative estimate of drug-likeness (QED) is 0.627. The van der Waals surface area contributed by atoms with Crippen molar-refractivity contribution in [1.29, 1.82) is 0 Å². The lowest BCUT2D eigenvalue weighted by molar-refractivity contribution is -0.146. The Balaban J connectivity index is 1.88. The molecular weight excluding hydrogens is 264 g/mol. The van der Waals surface area contributed by atoms with Gasteiger partial charge in [0.1, 0.15) is 12.2 Å². The molecule has 1 aliphatic carbocycles. The van der Waals surface area contributed by atoms with Gasteiger partial charge in [-0.15, -0.1) is 0 Å². The van der Waals surface area contributed by atoms with Crippen molar-refractivity contribution in [2.75, 3.05) is 7.11 Å². The van der Waals surface area contributed by atoms with Crippen molar-refractivity contribution < 1.29 is 14.3 Å². The van der Waals surface area contributed by atoms with Crippen LogP contribution in [0.25, 0.3) is 0 Å². The van der Waals surface area contributed by atoms with E-state index < -0.39 is 0 Å². The third kappa shape index (κ3) is 1.88. The van der Waals surface area contributed by atoms with Crippen LogP contribution in [0.3, 0.4) is 0 Å². The van der Waals surface area contributed by atoms with Crippen LogP contribution in [0.2, 0.25) is 0 Å². The van der Waals surface area contributed by atoms with Crippen molar-refractivity contribution in [2.45, 2.75) is 18.1 Å². The van der Waals surface area contributed by atoms with Crippen LogP contribution in [0, 0.1) is 5.92 Å². The Bertz CT molecular complexity index is 680. The van der Waals surface area contributed by atoms with Crippen LogP contribution in [0.5, 0.6) is 0 Å². The molecule has 0 radical (unpaired) electrons. The van der Waals surface area contributed by atoms with Gasteiger partial charge in [0.05, 0.1) is 13.0 Å². The summed E-state index contributed by atoms with van der Waals surface area (Å²) in [5.41, 5.74) is 3.52. The van der Waals surface area contributed by atoms with Gasteiger partial charge in [-0.1, -0.05) is 54.6 Å². The van der Waals surface area contributed by atoms with Crippen molar-refractivity contribution >= 4 is 5.97 Å². The van der Waals surface area contributed by atoms with E-state index in [2.05, 4.69) is 24.3 Å². The van der Waals surface area contributed by atoms with E-state index in [9.17, 15) is 4.79 Å². The fourth-order valence-corrected chi connectivity index (χ4v) is 3.54. The lowest BCUT2D eigenvalue weighted by atomic mass is 9.72. The van der Waals surface area contributed by atoms with Gasteiger partial charge in [-0.05, 0) is 16.7 Å². The molecule has 2 aliphatic rings. The van der Waals surface area contributed by atoms with Crippen LogP contribution in [-0.4, -0.2) is 19.2 Å². The van der Waals surface area contributed by atoms with Crippen LogP contribution >= 0.6 is 0 Å². The van der Waals surface area contributed by atoms with E-state index in [1.165, 1.54) is 18.2 Å². The first kappa shape index (κ1) is 12.6. The van der Waals surface area contributed by atoms with Gasteiger partial charge in [0, 0.05) is 5.92 Å². The van der Waals surface area contributed by atoms with Gasteiger partial charge in [-0.2, -0.15) is 0 Å². The number of carbonyl (C=O) groups is 1. The number of ether oxygens (including phenoxy) is 2. The highest BCUT2D eigenvalue weighted by atomic mass is 16.6. The predicted octanol–water partition coefficient (Wildman–Crippen LogP) is 3.06. The number of hydrogen-bond donors (Lipinski definition) is 0. The first-order chi connectivity index (χ1) is 10.3. The first-order valence-corrected chi connectivity index (χ1v) is 7.18. The van der Waals surface area contributed by atoms with E-state index >= 15 is 0 Å². The Morgan fingerprint density at radius 2 is 1.67 bits per heavy atom. The molecule has 1 heterocycles. The maximum absolute atomic E-state index is 12.3. The fraction of sp³-hybridized carbons (Fsp3) is 0.278. The maximum Gasteiger partial charge on any atom is 0.312 e. The minimum atomic E-state index is -0.266.